The number of hydrogen-bond acceptors (Lipinski definition) is 4. The van der Waals surface area contributed by atoms with Crippen molar-refractivity contribution in [2.24, 2.45) is 0 Å². The van der Waals surface area contributed by atoms with E-state index in [4.69, 9.17) is 21.1 Å². The second-order valence-electron chi connectivity index (χ2n) is 8.05. The van der Waals surface area contributed by atoms with Crippen LogP contribution < -0.4 is 14.8 Å². The highest BCUT2D eigenvalue weighted by atomic mass is 35.5. The van der Waals surface area contributed by atoms with Crippen molar-refractivity contribution in [3.05, 3.63) is 112 Å². The fourth-order valence-electron chi connectivity index (χ4n) is 3.53. The minimum Gasteiger partial charge on any atom is -0.496 e. The number of ether oxygens (including phenoxy) is 2. The van der Waals surface area contributed by atoms with Crippen molar-refractivity contribution in [1.29, 1.82) is 0 Å². The molecule has 0 aliphatic heterocycles. The van der Waals surface area contributed by atoms with E-state index in [0.29, 0.717) is 23.9 Å². The van der Waals surface area contributed by atoms with E-state index in [-0.39, 0.29) is 5.91 Å². The molecule has 3 aromatic carbocycles. The van der Waals surface area contributed by atoms with Crippen LogP contribution >= 0.6 is 11.6 Å². The van der Waals surface area contributed by atoms with Gasteiger partial charge in [0.25, 0.3) is 0 Å². The summed E-state index contributed by atoms with van der Waals surface area (Å²) >= 11 is 5.93. The number of methoxy groups -OCH3 is 1. The maximum Gasteiger partial charge on any atom is 0.248 e. The van der Waals surface area contributed by atoms with E-state index in [1.54, 1.807) is 30.3 Å². The highest BCUT2D eigenvalue weighted by Gasteiger charge is 2.07. The van der Waals surface area contributed by atoms with Gasteiger partial charge in [-0.2, -0.15) is 5.10 Å². The van der Waals surface area contributed by atoms with Crippen LogP contribution in [0.25, 0.3) is 6.08 Å². The number of rotatable bonds is 9. The zero-order valence-electron chi connectivity index (χ0n) is 19.6. The maximum absolute atomic E-state index is 12.4. The van der Waals surface area contributed by atoms with Crippen LogP contribution in [-0.4, -0.2) is 22.8 Å². The van der Waals surface area contributed by atoms with E-state index < -0.39 is 0 Å². The fraction of sp³-hybridized carbons (Fsp3) is 0.143. The Kier molecular flexibility index (Phi) is 7.85. The normalized spacial score (nSPS) is 10.9. The zero-order valence-corrected chi connectivity index (χ0v) is 20.3. The Labute approximate surface area is 209 Å². The number of nitrogens with zero attached hydrogens (tertiary/aromatic N) is 2. The summed E-state index contributed by atoms with van der Waals surface area (Å²) in [5.74, 6) is 1.28. The summed E-state index contributed by atoms with van der Waals surface area (Å²) in [6.07, 6.45) is 6.65. The minimum atomic E-state index is -0.246. The third-order valence-electron chi connectivity index (χ3n) is 5.27. The molecule has 0 aliphatic carbocycles. The molecule has 0 fully saturated rings. The average molecular weight is 488 g/mol. The molecule has 0 atom stereocenters. The molecule has 0 saturated heterocycles. The number of anilines is 1. The second kappa shape index (κ2) is 11.4. The SMILES string of the molecule is COc1ccc(/C=C/C(=O)Nc2cnn(Cc3ccc(Cl)cc3)c2)cc1COc1cccc(C)c1. The van der Waals surface area contributed by atoms with Crippen LogP contribution in [0.2, 0.25) is 5.02 Å². The molecule has 0 saturated carbocycles. The van der Waals surface area contributed by atoms with Crippen LogP contribution in [0.1, 0.15) is 22.3 Å². The third-order valence-corrected chi connectivity index (χ3v) is 5.53. The first kappa shape index (κ1) is 24.1. The summed E-state index contributed by atoms with van der Waals surface area (Å²) in [6, 6.07) is 21.2. The molecule has 35 heavy (non-hydrogen) atoms. The molecule has 1 N–H and O–H groups in total. The van der Waals surface area contributed by atoms with Crippen LogP contribution in [0.3, 0.4) is 0 Å². The summed E-state index contributed by atoms with van der Waals surface area (Å²) in [5, 5.41) is 7.83. The summed E-state index contributed by atoms with van der Waals surface area (Å²) in [4.78, 5) is 12.4. The van der Waals surface area contributed by atoms with Gasteiger partial charge >= 0.3 is 0 Å². The lowest BCUT2D eigenvalue weighted by atomic mass is 10.1. The molecule has 0 spiro atoms. The zero-order chi connectivity index (χ0) is 24.6. The minimum absolute atomic E-state index is 0.246. The van der Waals surface area contributed by atoms with Gasteiger partial charge in [0.1, 0.15) is 18.1 Å². The summed E-state index contributed by atoms with van der Waals surface area (Å²) in [7, 11) is 1.63. The van der Waals surface area contributed by atoms with Gasteiger partial charge in [0, 0.05) is 22.9 Å². The lowest BCUT2D eigenvalue weighted by molar-refractivity contribution is -0.111. The molecular formula is C28H26ClN3O3. The van der Waals surface area contributed by atoms with Crippen LogP contribution in [0.5, 0.6) is 11.5 Å². The van der Waals surface area contributed by atoms with Gasteiger partial charge in [-0.3, -0.25) is 9.48 Å². The fourth-order valence-corrected chi connectivity index (χ4v) is 3.65. The van der Waals surface area contributed by atoms with Gasteiger partial charge in [0.15, 0.2) is 0 Å². The van der Waals surface area contributed by atoms with Crippen molar-refractivity contribution in [3.8, 4) is 11.5 Å². The molecule has 0 bridgehead atoms. The highest BCUT2D eigenvalue weighted by molar-refractivity contribution is 6.30. The van der Waals surface area contributed by atoms with Crippen LogP contribution in [0.4, 0.5) is 5.69 Å². The molecule has 178 valence electrons. The van der Waals surface area contributed by atoms with Gasteiger partial charge in [-0.25, -0.2) is 0 Å². The number of aromatic nitrogens is 2. The number of halogens is 1. The van der Waals surface area contributed by atoms with E-state index in [1.165, 1.54) is 6.08 Å². The van der Waals surface area contributed by atoms with Crippen LogP contribution in [-0.2, 0) is 17.9 Å². The van der Waals surface area contributed by atoms with Crippen molar-refractivity contribution in [2.75, 3.05) is 12.4 Å². The number of carbonyl (C=O) groups excluding carboxylic acids is 1. The average Bonchev–Trinajstić information content (AvgIpc) is 3.29. The maximum atomic E-state index is 12.4. The number of amides is 1. The molecule has 4 rings (SSSR count). The molecule has 0 unspecified atom stereocenters. The largest absolute Gasteiger partial charge is 0.496 e. The molecule has 6 nitrogen and oxygen atoms in total. The van der Waals surface area contributed by atoms with Gasteiger partial charge < -0.3 is 14.8 Å². The topological polar surface area (TPSA) is 65.4 Å². The molecule has 0 radical (unpaired) electrons. The Balaban J connectivity index is 1.36. The van der Waals surface area contributed by atoms with Gasteiger partial charge in [0.05, 0.1) is 25.5 Å². The molecule has 0 aliphatic rings. The first-order valence-corrected chi connectivity index (χ1v) is 11.5. The lowest BCUT2D eigenvalue weighted by Crippen LogP contribution is -2.07. The van der Waals surface area contributed by atoms with Gasteiger partial charge in [-0.1, -0.05) is 41.9 Å². The predicted octanol–water partition coefficient (Wildman–Crippen LogP) is 6.13. The van der Waals surface area contributed by atoms with Crippen molar-refractivity contribution < 1.29 is 14.3 Å². The number of nitrogens with one attached hydrogen (secondary N) is 1. The standard InChI is InChI=1S/C28H26ClN3O3/c1-20-4-3-5-26(14-20)35-19-23-15-21(8-12-27(23)34-2)9-13-28(33)31-25-16-30-32(18-25)17-22-6-10-24(29)11-7-22/h3-16,18H,17,19H2,1-2H3,(H,31,33)/b13-9+. The third kappa shape index (κ3) is 6.98. The first-order valence-electron chi connectivity index (χ1n) is 11.1. The highest BCUT2D eigenvalue weighted by Crippen LogP contribution is 2.23. The number of benzene rings is 3. The van der Waals surface area contributed by atoms with Crippen molar-refractivity contribution in [3.63, 3.8) is 0 Å². The molecule has 7 heteroatoms. The van der Waals surface area contributed by atoms with E-state index in [1.807, 2.05) is 73.7 Å². The van der Waals surface area contributed by atoms with Gasteiger partial charge in [0.2, 0.25) is 5.91 Å². The Morgan fingerprint density at radius 3 is 2.71 bits per heavy atom. The predicted molar refractivity (Wildman–Crippen MR) is 139 cm³/mol. The van der Waals surface area contributed by atoms with Gasteiger partial charge in [-0.05, 0) is 66.1 Å². The van der Waals surface area contributed by atoms with E-state index in [2.05, 4.69) is 10.4 Å². The van der Waals surface area contributed by atoms with E-state index in [0.717, 1.165) is 33.8 Å². The number of hydrogen-bond donors (Lipinski definition) is 1. The molecule has 1 aromatic heterocycles. The van der Waals surface area contributed by atoms with E-state index >= 15 is 0 Å². The smallest absolute Gasteiger partial charge is 0.248 e. The summed E-state index contributed by atoms with van der Waals surface area (Å²) in [5.41, 5.74) is 4.57. The van der Waals surface area contributed by atoms with E-state index in [9.17, 15) is 4.79 Å². The summed E-state index contributed by atoms with van der Waals surface area (Å²) in [6.45, 7) is 2.96. The lowest BCUT2D eigenvalue weighted by Gasteiger charge is -2.11. The van der Waals surface area contributed by atoms with Crippen molar-refractivity contribution >= 4 is 29.3 Å². The number of aryl methyl sites for hydroxylation is 1. The van der Waals surface area contributed by atoms with Crippen LogP contribution in [0.15, 0.2) is 85.2 Å². The monoisotopic (exact) mass is 487 g/mol. The second-order valence-corrected chi connectivity index (χ2v) is 8.49. The quantitative estimate of drug-likeness (QED) is 0.288. The molecular weight excluding hydrogens is 462 g/mol. The summed E-state index contributed by atoms with van der Waals surface area (Å²) < 4.78 is 13.2. The molecule has 4 aromatic rings. The van der Waals surface area contributed by atoms with Crippen molar-refractivity contribution in [2.45, 2.75) is 20.1 Å². The Hall–Kier alpha value is -4.03. The Morgan fingerprint density at radius 2 is 1.94 bits per heavy atom. The number of carbonyl (C=O) groups is 1. The Bertz CT molecular complexity index is 1330. The van der Waals surface area contributed by atoms with Gasteiger partial charge in [-0.15, -0.1) is 0 Å². The van der Waals surface area contributed by atoms with Crippen LogP contribution in [0, 0.1) is 6.92 Å². The first-order chi connectivity index (χ1) is 17.0. The van der Waals surface area contributed by atoms with Crippen molar-refractivity contribution in [1.82, 2.24) is 9.78 Å². The molecule has 1 amide bonds. The molecule has 1 heterocycles. The Morgan fingerprint density at radius 1 is 1.11 bits per heavy atom.